The largest absolute Gasteiger partial charge is 0.679 e. The van der Waals surface area contributed by atoms with Crippen LogP contribution in [0, 0.1) is 12.8 Å². The number of nitrogens with one attached hydrogen (secondary N) is 3. The summed E-state index contributed by atoms with van der Waals surface area (Å²) in [7, 11) is 0. The molecule has 2 unspecified atom stereocenters. The van der Waals surface area contributed by atoms with Gasteiger partial charge in [-0.25, -0.2) is 0 Å². The van der Waals surface area contributed by atoms with E-state index in [1.54, 1.807) is 6.92 Å². The standard InChI is InChI=1S/C10H19N2O.C2H6N2.C2H5.Co/c1-8(12-7-6-11)9-4-2-3-5-10(9)13;3-1-2-4;1-2;/h9-11,13H,2-7H2,1H3;3-4H,1-2H2;1H2,2H3;/q-1;-2;-1;. The molecule has 1 radical (unpaired) electrons. The fourth-order valence-corrected chi connectivity index (χ4v) is 1.95. The van der Waals surface area contributed by atoms with Crippen molar-refractivity contribution in [3.63, 3.8) is 0 Å². The van der Waals surface area contributed by atoms with E-state index in [-0.39, 0.29) is 41.9 Å². The van der Waals surface area contributed by atoms with Crippen molar-refractivity contribution in [2.45, 2.75) is 45.6 Å². The second kappa shape index (κ2) is 19.0. The summed E-state index contributed by atoms with van der Waals surface area (Å²) in [4.78, 5) is 4.29. The smallest absolute Gasteiger partial charge is 0.0620 e. The van der Waals surface area contributed by atoms with Crippen LogP contribution in [0.5, 0.6) is 0 Å². The van der Waals surface area contributed by atoms with Crippen molar-refractivity contribution in [2.24, 2.45) is 10.9 Å². The van der Waals surface area contributed by atoms with Crippen LogP contribution in [-0.4, -0.2) is 43.1 Å². The molecule has 1 saturated carbocycles. The average molecular weight is 329 g/mol. The monoisotopic (exact) mass is 329 g/mol. The number of aliphatic imine (C=N–C) groups is 1. The number of aliphatic hydroxyl groups is 1. The summed E-state index contributed by atoms with van der Waals surface area (Å²) in [6.45, 7) is 8.38. The van der Waals surface area contributed by atoms with Crippen LogP contribution in [0.15, 0.2) is 4.99 Å². The van der Waals surface area contributed by atoms with Gasteiger partial charge in [0.2, 0.25) is 0 Å². The van der Waals surface area contributed by atoms with Crippen LogP contribution in [-0.2, 0) is 16.8 Å². The van der Waals surface area contributed by atoms with Gasteiger partial charge in [0, 0.05) is 35.0 Å². The fraction of sp³-hybridized carbons (Fsp3) is 0.857. The predicted molar refractivity (Wildman–Crippen MR) is 84.5 cm³/mol. The number of rotatable bonds is 4. The first-order valence-electron chi connectivity index (χ1n) is 7.00. The Morgan fingerprint density at radius 3 is 2.00 bits per heavy atom. The van der Waals surface area contributed by atoms with E-state index in [4.69, 9.17) is 17.2 Å². The van der Waals surface area contributed by atoms with Gasteiger partial charge in [0.25, 0.3) is 0 Å². The Morgan fingerprint density at radius 1 is 1.10 bits per heavy atom. The zero-order valence-electron chi connectivity index (χ0n) is 12.7. The average Bonchev–Trinajstić information content (AvgIpc) is 2.47. The van der Waals surface area contributed by atoms with E-state index < -0.39 is 0 Å². The zero-order valence-corrected chi connectivity index (χ0v) is 13.8. The predicted octanol–water partition coefficient (Wildman–Crippen LogP) is 3.98. The minimum absolute atomic E-state index is 0. The number of aliphatic hydroxyl groups excluding tert-OH is 1. The molecule has 6 heteroatoms. The molecule has 0 spiro atoms. The molecule has 0 aromatic heterocycles. The van der Waals surface area contributed by atoms with Gasteiger partial charge in [-0.15, -0.1) is 6.54 Å². The van der Waals surface area contributed by atoms with Gasteiger partial charge in [-0.1, -0.05) is 12.8 Å². The summed E-state index contributed by atoms with van der Waals surface area (Å²) in [6, 6.07) is 0. The summed E-state index contributed by atoms with van der Waals surface area (Å²) in [5, 5.41) is 9.71. The first kappa shape index (κ1) is 25.0. The van der Waals surface area contributed by atoms with Crippen molar-refractivity contribution >= 4 is 5.71 Å². The van der Waals surface area contributed by atoms with Gasteiger partial charge < -0.3 is 29.2 Å². The van der Waals surface area contributed by atoms with E-state index in [2.05, 4.69) is 11.9 Å². The summed E-state index contributed by atoms with van der Waals surface area (Å²) in [5.41, 5.74) is 20.6. The molecule has 0 saturated heterocycles. The van der Waals surface area contributed by atoms with Gasteiger partial charge in [-0.05, 0) is 19.8 Å². The Balaban J connectivity index is -0.000000357. The van der Waals surface area contributed by atoms with Crippen LogP contribution in [0.4, 0.5) is 0 Å². The van der Waals surface area contributed by atoms with E-state index in [9.17, 15) is 5.11 Å². The van der Waals surface area contributed by atoms with Crippen molar-refractivity contribution < 1.29 is 21.9 Å². The van der Waals surface area contributed by atoms with Crippen LogP contribution in [0.3, 0.4) is 0 Å². The summed E-state index contributed by atoms with van der Waals surface area (Å²) in [5.74, 6) is 0.264. The maximum absolute atomic E-state index is 9.71. The zero-order chi connectivity index (χ0) is 15.1. The molecular weight excluding hydrogens is 299 g/mol. The number of hydrogen-bond acceptors (Lipinski definition) is 2. The van der Waals surface area contributed by atoms with Crippen molar-refractivity contribution in [3.05, 3.63) is 24.1 Å². The van der Waals surface area contributed by atoms with Gasteiger partial charge >= 0.3 is 0 Å². The molecule has 0 amide bonds. The number of hydrogen-bond donors (Lipinski definition) is 1. The first-order chi connectivity index (χ1) is 9.17. The Bertz CT molecular complexity index is 213. The molecule has 0 bridgehead atoms. The summed E-state index contributed by atoms with van der Waals surface area (Å²) >= 11 is 0. The molecule has 4 N–H and O–H groups in total. The Kier molecular flexibility index (Phi) is 23.8. The van der Waals surface area contributed by atoms with Crippen molar-refractivity contribution in [1.82, 2.24) is 0 Å². The minimum atomic E-state index is -0.191. The van der Waals surface area contributed by atoms with Crippen molar-refractivity contribution in [3.8, 4) is 0 Å². The summed E-state index contributed by atoms with van der Waals surface area (Å²) in [6.07, 6.45) is 4.13. The van der Waals surface area contributed by atoms with Gasteiger partial charge in [-0.2, -0.15) is 20.0 Å². The van der Waals surface area contributed by atoms with E-state index in [1.165, 1.54) is 6.42 Å². The van der Waals surface area contributed by atoms with Crippen LogP contribution in [0.25, 0.3) is 17.2 Å². The quantitative estimate of drug-likeness (QED) is 0.611. The third kappa shape index (κ3) is 13.0. The Labute approximate surface area is 135 Å². The molecular formula is C14H30CoN4O-4. The molecule has 1 rings (SSSR count). The van der Waals surface area contributed by atoms with E-state index in [0.29, 0.717) is 13.1 Å². The molecule has 1 aliphatic carbocycles. The maximum Gasteiger partial charge on any atom is 0.0620 e. The normalized spacial score (nSPS) is 21.6. The molecule has 0 aromatic carbocycles. The molecule has 0 aliphatic heterocycles. The molecule has 1 aliphatic rings. The van der Waals surface area contributed by atoms with Gasteiger partial charge in [0.15, 0.2) is 0 Å². The van der Waals surface area contributed by atoms with Crippen LogP contribution >= 0.6 is 0 Å². The molecule has 2 atom stereocenters. The van der Waals surface area contributed by atoms with Gasteiger partial charge in [0.05, 0.1) is 6.10 Å². The van der Waals surface area contributed by atoms with Gasteiger partial charge in [0.1, 0.15) is 0 Å². The minimum Gasteiger partial charge on any atom is -0.679 e. The molecule has 0 heterocycles. The molecule has 20 heavy (non-hydrogen) atoms. The second-order valence-electron chi connectivity index (χ2n) is 4.23. The van der Waals surface area contributed by atoms with Crippen molar-refractivity contribution in [1.29, 1.82) is 0 Å². The third-order valence-electron chi connectivity index (χ3n) is 2.86. The van der Waals surface area contributed by atoms with E-state index in [0.717, 1.165) is 25.0 Å². The van der Waals surface area contributed by atoms with E-state index in [1.807, 2.05) is 6.92 Å². The second-order valence-corrected chi connectivity index (χ2v) is 4.23. The Morgan fingerprint density at radius 2 is 1.60 bits per heavy atom. The topological polar surface area (TPSA) is 104 Å². The fourth-order valence-electron chi connectivity index (χ4n) is 1.95. The third-order valence-corrected chi connectivity index (χ3v) is 2.86. The van der Waals surface area contributed by atoms with Crippen LogP contribution in [0.1, 0.15) is 39.5 Å². The Hall–Kier alpha value is 0.0165. The van der Waals surface area contributed by atoms with Gasteiger partial charge in [-0.3, -0.25) is 4.99 Å². The maximum atomic E-state index is 9.71. The first-order valence-corrected chi connectivity index (χ1v) is 7.00. The van der Waals surface area contributed by atoms with Crippen molar-refractivity contribution in [2.75, 3.05) is 26.2 Å². The molecule has 0 aromatic rings. The SMILES string of the molecule is CC(=NCC[NH-])C1CCCCC1O.[CH2-]C.[Co].[NH-]CC[NH-]. The molecule has 125 valence electrons. The summed E-state index contributed by atoms with van der Waals surface area (Å²) < 4.78 is 0. The van der Waals surface area contributed by atoms with Crippen LogP contribution < -0.4 is 0 Å². The molecule has 5 nitrogen and oxygen atoms in total. The molecule has 1 fully saturated rings. The van der Waals surface area contributed by atoms with E-state index >= 15 is 0 Å². The van der Waals surface area contributed by atoms with Crippen LogP contribution in [0.2, 0.25) is 0 Å². The number of nitrogens with zero attached hydrogens (tertiary/aromatic N) is 1.